The summed E-state index contributed by atoms with van der Waals surface area (Å²) >= 11 is 0. The van der Waals surface area contributed by atoms with Crippen molar-refractivity contribution in [2.75, 3.05) is 5.75 Å². The van der Waals surface area contributed by atoms with Crippen LogP contribution in [0.2, 0.25) is 0 Å². The molecule has 0 fully saturated rings. The zero-order valence-corrected chi connectivity index (χ0v) is 13.3. The van der Waals surface area contributed by atoms with E-state index in [2.05, 4.69) is 0 Å². The highest BCUT2D eigenvalue weighted by Gasteiger charge is 2.39. The maximum atomic E-state index is 12.7. The van der Waals surface area contributed by atoms with Crippen LogP contribution in [0.3, 0.4) is 0 Å². The molecule has 1 aliphatic rings. The Hall–Kier alpha value is -1.65. The molecular formula is C18H20O3S. The van der Waals surface area contributed by atoms with Crippen LogP contribution in [-0.2, 0) is 9.84 Å². The molecule has 22 heavy (non-hydrogen) atoms. The Morgan fingerprint density at radius 1 is 1.05 bits per heavy atom. The highest BCUT2D eigenvalue weighted by molar-refractivity contribution is 7.91. The zero-order valence-electron chi connectivity index (χ0n) is 12.5. The lowest BCUT2D eigenvalue weighted by Crippen LogP contribution is -2.29. The molecule has 1 aliphatic heterocycles. The third kappa shape index (κ3) is 2.57. The van der Waals surface area contributed by atoms with Crippen molar-refractivity contribution in [3.8, 4) is 0 Å². The van der Waals surface area contributed by atoms with Gasteiger partial charge < -0.3 is 5.11 Å². The first-order chi connectivity index (χ1) is 10.5. The molecule has 0 aliphatic carbocycles. The summed E-state index contributed by atoms with van der Waals surface area (Å²) in [5.74, 6) is -0.562. The van der Waals surface area contributed by atoms with Crippen molar-refractivity contribution in [2.24, 2.45) is 5.92 Å². The third-order valence-electron chi connectivity index (χ3n) is 4.53. The highest BCUT2D eigenvalue weighted by Crippen LogP contribution is 2.40. The molecule has 3 atom stereocenters. The predicted molar refractivity (Wildman–Crippen MR) is 86.6 cm³/mol. The fourth-order valence-electron chi connectivity index (χ4n) is 3.34. The zero-order chi connectivity index (χ0) is 15.7. The van der Waals surface area contributed by atoms with Gasteiger partial charge in [0, 0.05) is 5.92 Å². The molecule has 0 saturated carbocycles. The first-order valence-electron chi connectivity index (χ1n) is 7.59. The molecule has 0 saturated heterocycles. The minimum atomic E-state index is -3.37. The molecule has 0 amide bonds. The molecule has 1 heterocycles. The quantitative estimate of drug-likeness (QED) is 0.926. The molecule has 1 N–H and O–H groups in total. The maximum Gasteiger partial charge on any atom is 0.179 e. The molecule has 116 valence electrons. The second-order valence-electron chi connectivity index (χ2n) is 5.87. The van der Waals surface area contributed by atoms with E-state index in [9.17, 15) is 13.5 Å². The summed E-state index contributed by atoms with van der Waals surface area (Å²) in [4.78, 5) is 0.360. The van der Waals surface area contributed by atoms with E-state index < -0.39 is 15.9 Å². The second-order valence-corrected chi connectivity index (χ2v) is 7.87. The fraction of sp³-hybridized carbons (Fsp3) is 0.333. The van der Waals surface area contributed by atoms with Gasteiger partial charge in [-0.05, 0) is 29.5 Å². The smallest absolute Gasteiger partial charge is 0.179 e. The summed E-state index contributed by atoms with van der Waals surface area (Å²) in [6.07, 6.45) is -0.0663. The standard InChI is InChI=1S/C18H20O3S/c1-2-13-12-22(20,21)16-11-7-6-10-15(16)17(18(13)19)14-8-4-3-5-9-14/h3-11,13,17-19H,2,12H2,1H3/t13-,17+,18?/m1/s1. The summed E-state index contributed by atoms with van der Waals surface area (Å²) in [6, 6.07) is 16.7. The van der Waals surface area contributed by atoms with Gasteiger partial charge in [-0.15, -0.1) is 0 Å². The first kappa shape index (κ1) is 15.3. The van der Waals surface area contributed by atoms with Gasteiger partial charge in [0.2, 0.25) is 0 Å². The molecule has 0 aromatic heterocycles. The van der Waals surface area contributed by atoms with Crippen LogP contribution in [0.5, 0.6) is 0 Å². The first-order valence-corrected chi connectivity index (χ1v) is 9.24. The Kier molecular flexibility index (Phi) is 4.06. The van der Waals surface area contributed by atoms with Crippen molar-refractivity contribution < 1.29 is 13.5 Å². The van der Waals surface area contributed by atoms with Gasteiger partial charge in [0.05, 0.1) is 16.8 Å². The van der Waals surface area contributed by atoms with E-state index in [-0.39, 0.29) is 17.6 Å². The lowest BCUT2D eigenvalue weighted by atomic mass is 9.81. The Morgan fingerprint density at radius 2 is 1.68 bits per heavy atom. The normalized spacial score (nSPS) is 26.9. The van der Waals surface area contributed by atoms with Gasteiger partial charge in [-0.1, -0.05) is 55.5 Å². The van der Waals surface area contributed by atoms with Crippen LogP contribution in [0.25, 0.3) is 0 Å². The van der Waals surface area contributed by atoms with Crippen molar-refractivity contribution in [3.05, 3.63) is 65.7 Å². The average Bonchev–Trinajstić information content (AvgIpc) is 2.62. The van der Waals surface area contributed by atoms with E-state index >= 15 is 0 Å². The van der Waals surface area contributed by atoms with Crippen LogP contribution in [-0.4, -0.2) is 25.4 Å². The third-order valence-corrected chi connectivity index (χ3v) is 6.44. The largest absolute Gasteiger partial charge is 0.392 e. The lowest BCUT2D eigenvalue weighted by Gasteiger charge is -2.27. The Balaban J connectivity index is 2.25. The summed E-state index contributed by atoms with van der Waals surface area (Å²) in [5.41, 5.74) is 1.66. The number of benzene rings is 2. The second kappa shape index (κ2) is 5.86. The van der Waals surface area contributed by atoms with Gasteiger partial charge in [0.25, 0.3) is 0 Å². The fourth-order valence-corrected chi connectivity index (χ4v) is 5.36. The Morgan fingerprint density at radius 3 is 2.36 bits per heavy atom. The van der Waals surface area contributed by atoms with Crippen LogP contribution < -0.4 is 0 Å². The van der Waals surface area contributed by atoms with Crippen molar-refractivity contribution >= 4 is 9.84 Å². The Bertz CT molecular complexity index is 753. The summed E-state index contributed by atoms with van der Waals surface area (Å²) in [6.45, 7) is 1.93. The van der Waals surface area contributed by atoms with Crippen molar-refractivity contribution in [3.63, 3.8) is 0 Å². The number of aliphatic hydroxyl groups is 1. The molecule has 0 spiro atoms. The number of rotatable bonds is 2. The van der Waals surface area contributed by atoms with Crippen LogP contribution in [0.1, 0.15) is 30.4 Å². The molecule has 4 heteroatoms. The maximum absolute atomic E-state index is 12.7. The van der Waals surface area contributed by atoms with E-state index in [0.29, 0.717) is 16.9 Å². The predicted octanol–water partition coefficient (Wildman–Crippen LogP) is 2.99. The highest BCUT2D eigenvalue weighted by atomic mass is 32.2. The van der Waals surface area contributed by atoms with E-state index in [1.807, 2.05) is 49.4 Å². The van der Waals surface area contributed by atoms with Gasteiger partial charge in [0.1, 0.15) is 0 Å². The van der Waals surface area contributed by atoms with Gasteiger partial charge in [0.15, 0.2) is 9.84 Å². The summed E-state index contributed by atoms with van der Waals surface area (Å²) < 4.78 is 25.3. The minimum Gasteiger partial charge on any atom is -0.392 e. The lowest BCUT2D eigenvalue weighted by molar-refractivity contribution is 0.100. The van der Waals surface area contributed by atoms with Crippen LogP contribution in [0, 0.1) is 5.92 Å². The van der Waals surface area contributed by atoms with E-state index in [1.54, 1.807) is 12.1 Å². The van der Waals surface area contributed by atoms with E-state index in [0.717, 1.165) is 5.56 Å². The number of hydrogen-bond donors (Lipinski definition) is 1. The average molecular weight is 316 g/mol. The molecule has 0 radical (unpaired) electrons. The molecule has 1 unspecified atom stereocenters. The molecule has 3 rings (SSSR count). The van der Waals surface area contributed by atoms with Crippen molar-refractivity contribution in [2.45, 2.75) is 30.3 Å². The van der Waals surface area contributed by atoms with Gasteiger partial charge >= 0.3 is 0 Å². The molecular weight excluding hydrogens is 296 g/mol. The molecule has 3 nitrogen and oxygen atoms in total. The van der Waals surface area contributed by atoms with E-state index in [4.69, 9.17) is 0 Å². The van der Waals surface area contributed by atoms with Crippen molar-refractivity contribution in [1.29, 1.82) is 0 Å². The van der Waals surface area contributed by atoms with E-state index in [1.165, 1.54) is 0 Å². The molecule has 0 bridgehead atoms. The van der Waals surface area contributed by atoms with Gasteiger partial charge in [-0.25, -0.2) is 8.42 Å². The van der Waals surface area contributed by atoms with Crippen LogP contribution in [0.15, 0.2) is 59.5 Å². The summed E-state index contributed by atoms with van der Waals surface area (Å²) in [7, 11) is -3.37. The monoisotopic (exact) mass is 316 g/mol. The van der Waals surface area contributed by atoms with Crippen LogP contribution >= 0.6 is 0 Å². The van der Waals surface area contributed by atoms with Crippen LogP contribution in [0.4, 0.5) is 0 Å². The molecule has 2 aromatic rings. The van der Waals surface area contributed by atoms with Crippen molar-refractivity contribution in [1.82, 2.24) is 0 Å². The Labute approximate surface area is 131 Å². The topological polar surface area (TPSA) is 54.4 Å². The number of fused-ring (bicyclic) bond motifs is 1. The minimum absolute atomic E-state index is 0.00497. The number of aliphatic hydroxyl groups excluding tert-OH is 1. The van der Waals surface area contributed by atoms with Gasteiger partial charge in [-0.3, -0.25) is 0 Å². The number of sulfone groups is 1. The van der Waals surface area contributed by atoms with Gasteiger partial charge in [-0.2, -0.15) is 0 Å². The summed E-state index contributed by atoms with van der Waals surface area (Å²) in [5, 5.41) is 10.9. The SMILES string of the molecule is CC[C@@H]1CS(=O)(=O)c2ccccc2[C@H](c2ccccc2)C1O. The number of hydrogen-bond acceptors (Lipinski definition) is 3. The molecule has 2 aromatic carbocycles.